The molecule has 0 saturated carbocycles. The molecule has 1 aromatic rings. The average molecular weight is 382 g/mol. The van der Waals surface area contributed by atoms with Gasteiger partial charge in [-0.25, -0.2) is 4.79 Å². The van der Waals surface area contributed by atoms with Crippen LogP contribution in [0.2, 0.25) is 0 Å². The molecular formula is C22H36ClNO2. The third kappa shape index (κ3) is 6.59. The highest BCUT2D eigenvalue weighted by molar-refractivity contribution is 5.90. The number of hydrogen-bond donors (Lipinski definition) is 0. The van der Waals surface area contributed by atoms with Crippen LogP contribution in [0, 0.1) is 0 Å². The zero-order valence-corrected chi connectivity index (χ0v) is 18.2. The second-order valence-corrected chi connectivity index (χ2v) is 9.34. The van der Waals surface area contributed by atoms with Crippen LogP contribution in [-0.2, 0) is 15.6 Å². The molecule has 4 heteroatoms. The van der Waals surface area contributed by atoms with Gasteiger partial charge >= 0.3 is 5.97 Å². The maximum absolute atomic E-state index is 12.6. The molecule has 1 aliphatic rings. The van der Waals surface area contributed by atoms with Crippen LogP contribution >= 0.6 is 12.4 Å². The Morgan fingerprint density at radius 2 is 1.42 bits per heavy atom. The van der Waals surface area contributed by atoms with Gasteiger partial charge in [0.15, 0.2) is 0 Å². The van der Waals surface area contributed by atoms with Gasteiger partial charge in [0, 0.05) is 6.54 Å². The van der Waals surface area contributed by atoms with Crippen LogP contribution in [0.4, 0.5) is 0 Å². The van der Waals surface area contributed by atoms with Crippen molar-refractivity contribution in [1.82, 2.24) is 4.90 Å². The van der Waals surface area contributed by atoms with Gasteiger partial charge in [0.25, 0.3) is 0 Å². The molecule has 0 aromatic heterocycles. The van der Waals surface area contributed by atoms with E-state index in [-0.39, 0.29) is 29.2 Å². The maximum atomic E-state index is 12.6. The van der Waals surface area contributed by atoms with Gasteiger partial charge in [-0.15, -0.1) is 12.4 Å². The molecule has 0 aliphatic carbocycles. The third-order valence-electron chi connectivity index (χ3n) is 4.99. The van der Waals surface area contributed by atoms with Crippen molar-refractivity contribution in [3.05, 3.63) is 34.9 Å². The Morgan fingerprint density at radius 1 is 0.923 bits per heavy atom. The topological polar surface area (TPSA) is 29.5 Å². The molecule has 0 bridgehead atoms. The highest BCUT2D eigenvalue weighted by Crippen LogP contribution is 2.30. The Balaban J connectivity index is 0.00000338. The summed E-state index contributed by atoms with van der Waals surface area (Å²) in [6.45, 7) is 16.7. The molecule has 1 aliphatic heterocycles. The number of halogens is 1. The fourth-order valence-electron chi connectivity index (χ4n) is 3.15. The normalized spacial score (nSPS) is 16.1. The van der Waals surface area contributed by atoms with Gasteiger partial charge < -0.3 is 4.74 Å². The van der Waals surface area contributed by atoms with Crippen molar-refractivity contribution < 1.29 is 9.53 Å². The summed E-state index contributed by atoms with van der Waals surface area (Å²) in [5.41, 5.74) is 3.05. The number of benzene rings is 1. The van der Waals surface area contributed by atoms with Crippen LogP contribution in [-0.4, -0.2) is 37.1 Å². The van der Waals surface area contributed by atoms with E-state index in [0.717, 1.165) is 19.6 Å². The van der Waals surface area contributed by atoms with Crippen molar-refractivity contribution in [1.29, 1.82) is 0 Å². The first-order valence-electron chi connectivity index (χ1n) is 9.63. The fourth-order valence-corrected chi connectivity index (χ4v) is 3.15. The number of hydrogen-bond acceptors (Lipinski definition) is 3. The molecule has 0 amide bonds. The SMILES string of the molecule is CC(C)(C)c1cc(C(=O)OCCN2CCCCC2)cc(C(C)(C)C)c1.Cl. The number of piperidine rings is 1. The zero-order chi connectivity index (χ0) is 18.7. The number of nitrogens with zero attached hydrogens (tertiary/aromatic N) is 1. The monoisotopic (exact) mass is 381 g/mol. The summed E-state index contributed by atoms with van der Waals surface area (Å²) >= 11 is 0. The lowest BCUT2D eigenvalue weighted by Gasteiger charge is -2.27. The van der Waals surface area contributed by atoms with E-state index < -0.39 is 0 Å². The van der Waals surface area contributed by atoms with E-state index in [9.17, 15) is 4.79 Å². The number of likely N-dealkylation sites (tertiary alicyclic amines) is 1. The van der Waals surface area contributed by atoms with Crippen molar-refractivity contribution in [2.24, 2.45) is 0 Å². The highest BCUT2D eigenvalue weighted by Gasteiger charge is 2.22. The second kappa shape index (κ2) is 9.23. The summed E-state index contributed by atoms with van der Waals surface area (Å²) in [6, 6.07) is 6.22. The molecule has 0 N–H and O–H groups in total. The molecule has 1 saturated heterocycles. The molecule has 0 atom stereocenters. The van der Waals surface area contributed by atoms with E-state index >= 15 is 0 Å². The smallest absolute Gasteiger partial charge is 0.338 e. The summed E-state index contributed by atoms with van der Waals surface area (Å²) in [7, 11) is 0. The number of carbonyl (C=O) groups is 1. The lowest BCUT2D eigenvalue weighted by molar-refractivity contribution is 0.0451. The Morgan fingerprint density at radius 3 is 1.88 bits per heavy atom. The van der Waals surface area contributed by atoms with E-state index in [4.69, 9.17) is 4.74 Å². The molecule has 1 aromatic carbocycles. The quantitative estimate of drug-likeness (QED) is 0.658. The van der Waals surface area contributed by atoms with Crippen molar-refractivity contribution in [3.8, 4) is 0 Å². The number of ether oxygens (including phenoxy) is 1. The van der Waals surface area contributed by atoms with Gasteiger partial charge in [-0.1, -0.05) is 54.0 Å². The fraction of sp³-hybridized carbons (Fsp3) is 0.682. The van der Waals surface area contributed by atoms with Gasteiger partial charge in [0.2, 0.25) is 0 Å². The number of esters is 1. The van der Waals surface area contributed by atoms with E-state index in [1.807, 2.05) is 12.1 Å². The van der Waals surface area contributed by atoms with Gasteiger partial charge in [0.05, 0.1) is 5.56 Å². The van der Waals surface area contributed by atoms with Crippen LogP contribution < -0.4 is 0 Å². The number of rotatable bonds is 4. The van der Waals surface area contributed by atoms with Crippen molar-refractivity contribution in [2.45, 2.75) is 71.6 Å². The first-order chi connectivity index (χ1) is 11.6. The maximum Gasteiger partial charge on any atom is 0.338 e. The van der Waals surface area contributed by atoms with Crippen molar-refractivity contribution in [2.75, 3.05) is 26.2 Å². The molecule has 0 radical (unpaired) electrons. The summed E-state index contributed by atoms with van der Waals surface area (Å²) in [4.78, 5) is 15.0. The Bertz CT molecular complexity index is 561. The standard InChI is InChI=1S/C22H35NO2.ClH/c1-21(2,3)18-14-17(15-19(16-18)22(4,5)6)20(24)25-13-12-23-10-8-7-9-11-23;/h14-16H,7-13H2,1-6H3;1H. The molecule has 1 fully saturated rings. The average Bonchev–Trinajstić information content (AvgIpc) is 2.53. The zero-order valence-electron chi connectivity index (χ0n) is 17.4. The first kappa shape index (κ1) is 23.0. The van der Waals surface area contributed by atoms with Crippen LogP contribution in [0.3, 0.4) is 0 Å². The molecule has 3 nitrogen and oxygen atoms in total. The van der Waals surface area contributed by atoms with Crippen molar-refractivity contribution >= 4 is 18.4 Å². The molecule has 0 unspecified atom stereocenters. The van der Waals surface area contributed by atoms with Crippen LogP contribution in [0.1, 0.15) is 82.3 Å². The summed E-state index contributed by atoms with van der Waals surface area (Å²) in [5.74, 6) is -0.200. The molecule has 0 spiro atoms. The van der Waals surface area contributed by atoms with Gasteiger partial charge in [-0.05, 0) is 60.0 Å². The minimum absolute atomic E-state index is 0. The van der Waals surface area contributed by atoms with E-state index in [1.165, 1.54) is 30.4 Å². The second-order valence-electron chi connectivity index (χ2n) is 9.34. The minimum atomic E-state index is -0.200. The van der Waals surface area contributed by atoms with Crippen LogP contribution in [0.15, 0.2) is 18.2 Å². The van der Waals surface area contributed by atoms with E-state index in [2.05, 4.69) is 52.5 Å². The third-order valence-corrected chi connectivity index (χ3v) is 4.99. The summed E-state index contributed by atoms with van der Waals surface area (Å²) in [5, 5.41) is 0. The largest absolute Gasteiger partial charge is 0.461 e. The van der Waals surface area contributed by atoms with Gasteiger partial charge in [-0.3, -0.25) is 4.90 Å². The number of carbonyl (C=O) groups excluding carboxylic acids is 1. The predicted octanol–water partition coefficient (Wildman–Crippen LogP) is 5.35. The Kier molecular flexibility index (Phi) is 8.16. The molecule has 2 rings (SSSR count). The van der Waals surface area contributed by atoms with Crippen LogP contribution in [0.5, 0.6) is 0 Å². The minimum Gasteiger partial charge on any atom is -0.461 e. The Hall–Kier alpha value is -1.06. The molecular weight excluding hydrogens is 346 g/mol. The first-order valence-corrected chi connectivity index (χ1v) is 9.63. The summed E-state index contributed by atoms with van der Waals surface area (Å²) in [6.07, 6.45) is 3.85. The predicted molar refractivity (Wildman–Crippen MR) is 112 cm³/mol. The lowest BCUT2D eigenvalue weighted by atomic mass is 9.79. The van der Waals surface area contributed by atoms with Crippen LogP contribution in [0.25, 0.3) is 0 Å². The lowest BCUT2D eigenvalue weighted by Crippen LogP contribution is -2.33. The summed E-state index contributed by atoms with van der Waals surface area (Å²) < 4.78 is 5.59. The highest BCUT2D eigenvalue weighted by atomic mass is 35.5. The molecule has 148 valence electrons. The molecule has 26 heavy (non-hydrogen) atoms. The Labute approximate surface area is 165 Å². The van der Waals surface area contributed by atoms with E-state index in [1.54, 1.807) is 0 Å². The van der Waals surface area contributed by atoms with Gasteiger partial charge in [-0.2, -0.15) is 0 Å². The van der Waals surface area contributed by atoms with E-state index in [0.29, 0.717) is 12.2 Å². The van der Waals surface area contributed by atoms with Gasteiger partial charge in [0.1, 0.15) is 6.61 Å². The molecule has 1 heterocycles. The van der Waals surface area contributed by atoms with Crippen molar-refractivity contribution in [3.63, 3.8) is 0 Å².